The van der Waals surface area contributed by atoms with Crippen molar-refractivity contribution in [3.8, 4) is 0 Å². The predicted molar refractivity (Wildman–Crippen MR) is 84.4 cm³/mol. The van der Waals surface area contributed by atoms with Crippen molar-refractivity contribution in [1.82, 2.24) is 19.9 Å². The molecule has 0 aliphatic rings. The number of sulfonamides is 1. The molecule has 0 bridgehead atoms. The summed E-state index contributed by atoms with van der Waals surface area (Å²) in [6.45, 7) is 0.316. The second kappa shape index (κ2) is 6.41. The first-order chi connectivity index (χ1) is 10.3. The van der Waals surface area contributed by atoms with Crippen molar-refractivity contribution in [3.05, 3.63) is 35.6 Å². The summed E-state index contributed by atoms with van der Waals surface area (Å²) in [5, 5.41) is 0.136. The van der Waals surface area contributed by atoms with Gasteiger partial charge in [0.1, 0.15) is 11.5 Å². The van der Waals surface area contributed by atoms with Gasteiger partial charge >= 0.3 is 0 Å². The second-order valence-corrected chi connectivity index (χ2v) is 6.95. The number of anilines is 2. The van der Waals surface area contributed by atoms with Crippen LogP contribution >= 0.6 is 11.6 Å². The first kappa shape index (κ1) is 16.4. The van der Waals surface area contributed by atoms with Crippen LogP contribution in [0.25, 0.3) is 0 Å². The lowest BCUT2D eigenvalue weighted by Gasteiger charge is -2.22. The Morgan fingerprint density at radius 2 is 1.82 bits per heavy atom. The molecule has 0 radical (unpaired) electrons. The minimum Gasteiger partial charge on any atom is -0.353 e. The van der Waals surface area contributed by atoms with Gasteiger partial charge in [0.15, 0.2) is 5.82 Å². The van der Waals surface area contributed by atoms with Gasteiger partial charge < -0.3 is 4.90 Å². The highest BCUT2D eigenvalue weighted by Crippen LogP contribution is 2.20. The zero-order valence-corrected chi connectivity index (χ0v) is 13.9. The van der Waals surface area contributed by atoms with E-state index in [1.54, 1.807) is 24.2 Å². The highest BCUT2D eigenvalue weighted by Gasteiger charge is 2.19. The maximum absolute atomic E-state index is 11.7. The van der Waals surface area contributed by atoms with Crippen molar-refractivity contribution >= 4 is 33.3 Å². The number of hydrogen-bond donors (Lipinski definition) is 0. The van der Waals surface area contributed by atoms with E-state index in [-0.39, 0.29) is 11.1 Å². The minimum absolute atomic E-state index is 0.136. The maximum atomic E-state index is 11.7. The van der Waals surface area contributed by atoms with Crippen LogP contribution in [0.1, 0.15) is 5.69 Å². The highest BCUT2D eigenvalue weighted by molar-refractivity contribution is 7.92. The Bertz CT molecular complexity index is 770. The van der Waals surface area contributed by atoms with Crippen molar-refractivity contribution in [2.24, 2.45) is 0 Å². The van der Waals surface area contributed by atoms with Crippen molar-refractivity contribution in [1.29, 1.82) is 0 Å². The topological polar surface area (TPSA) is 92.2 Å². The lowest BCUT2D eigenvalue weighted by atomic mass is 10.3. The number of hydrogen-bond acceptors (Lipinski definition) is 7. The molecule has 118 valence electrons. The van der Waals surface area contributed by atoms with E-state index in [2.05, 4.69) is 19.9 Å². The third-order valence-corrected chi connectivity index (χ3v) is 4.29. The Morgan fingerprint density at radius 3 is 2.45 bits per heavy atom. The van der Waals surface area contributed by atoms with Crippen molar-refractivity contribution < 1.29 is 8.42 Å². The van der Waals surface area contributed by atoms with Gasteiger partial charge in [-0.05, 0) is 17.7 Å². The van der Waals surface area contributed by atoms with Gasteiger partial charge in [-0.2, -0.15) is 0 Å². The molecule has 2 heterocycles. The molecule has 0 spiro atoms. The summed E-state index contributed by atoms with van der Waals surface area (Å²) in [7, 11) is -0.196. The van der Waals surface area contributed by atoms with Crippen LogP contribution in [0.4, 0.5) is 11.6 Å². The molecule has 0 aliphatic heterocycles. The third-order valence-electron chi connectivity index (χ3n) is 2.94. The smallest absolute Gasteiger partial charge is 0.233 e. The standard InChI is InChI=1S/C12H15ClN6O2S/c1-18(10-4-5-16-12(13)17-10)8-9-11(15-7-6-14-9)19(2)22(3,20)21/h4-7H,8H2,1-3H3. The first-order valence-electron chi connectivity index (χ1n) is 6.22. The fraction of sp³-hybridized carbons (Fsp3) is 0.333. The SMILES string of the molecule is CN(Cc1nccnc1N(C)S(C)(=O)=O)c1ccnc(Cl)n1. The molecule has 2 rings (SSSR count). The van der Waals surface area contributed by atoms with Crippen LogP contribution in [-0.4, -0.2) is 48.7 Å². The lowest BCUT2D eigenvalue weighted by molar-refractivity contribution is 0.599. The summed E-state index contributed by atoms with van der Waals surface area (Å²) in [5.74, 6) is 0.871. The minimum atomic E-state index is -3.42. The van der Waals surface area contributed by atoms with E-state index in [9.17, 15) is 8.42 Å². The summed E-state index contributed by atoms with van der Waals surface area (Å²) in [6, 6.07) is 1.70. The van der Waals surface area contributed by atoms with Crippen LogP contribution in [0.15, 0.2) is 24.7 Å². The van der Waals surface area contributed by atoms with Gasteiger partial charge in [0, 0.05) is 32.7 Å². The third kappa shape index (κ3) is 3.80. The van der Waals surface area contributed by atoms with Crippen LogP contribution in [0.5, 0.6) is 0 Å². The summed E-state index contributed by atoms with van der Waals surface area (Å²) in [6.07, 6.45) is 5.61. The van der Waals surface area contributed by atoms with E-state index in [0.29, 0.717) is 18.1 Å². The molecular weight excluding hydrogens is 328 g/mol. The molecule has 0 unspecified atom stereocenters. The van der Waals surface area contributed by atoms with Crippen molar-refractivity contribution in [2.45, 2.75) is 6.54 Å². The lowest BCUT2D eigenvalue weighted by Crippen LogP contribution is -2.29. The van der Waals surface area contributed by atoms with E-state index in [1.807, 2.05) is 0 Å². The average Bonchev–Trinajstić information content (AvgIpc) is 2.46. The maximum Gasteiger partial charge on any atom is 0.233 e. The molecule has 10 heteroatoms. The van der Waals surface area contributed by atoms with E-state index in [4.69, 9.17) is 11.6 Å². The van der Waals surface area contributed by atoms with E-state index >= 15 is 0 Å². The normalized spacial score (nSPS) is 11.3. The van der Waals surface area contributed by atoms with Crippen LogP contribution in [0.3, 0.4) is 0 Å². The fourth-order valence-corrected chi connectivity index (χ4v) is 2.35. The van der Waals surface area contributed by atoms with Gasteiger partial charge in [0.05, 0.1) is 12.8 Å². The first-order valence-corrected chi connectivity index (χ1v) is 8.45. The molecular formula is C12H15ClN6O2S. The Morgan fingerprint density at radius 1 is 1.14 bits per heavy atom. The van der Waals surface area contributed by atoms with E-state index in [1.165, 1.54) is 19.4 Å². The Labute approximate surface area is 133 Å². The molecule has 2 aromatic heterocycles. The Hall–Kier alpha value is -2.00. The molecule has 2 aromatic rings. The van der Waals surface area contributed by atoms with Crippen molar-refractivity contribution in [2.75, 3.05) is 29.6 Å². The highest BCUT2D eigenvalue weighted by atomic mass is 35.5. The van der Waals surface area contributed by atoms with Crippen LogP contribution < -0.4 is 9.21 Å². The molecule has 0 saturated heterocycles. The molecule has 0 aromatic carbocycles. The number of rotatable bonds is 5. The summed E-state index contributed by atoms with van der Waals surface area (Å²) in [4.78, 5) is 18.0. The molecule has 0 aliphatic carbocycles. The van der Waals surface area contributed by atoms with Crippen LogP contribution in [-0.2, 0) is 16.6 Å². The molecule has 0 N–H and O–H groups in total. The molecule has 0 saturated carbocycles. The van der Waals surface area contributed by atoms with Crippen LogP contribution in [0.2, 0.25) is 5.28 Å². The van der Waals surface area contributed by atoms with E-state index < -0.39 is 10.0 Å². The quantitative estimate of drug-likeness (QED) is 0.747. The van der Waals surface area contributed by atoms with Gasteiger partial charge in [-0.25, -0.2) is 23.4 Å². The summed E-state index contributed by atoms with van der Waals surface area (Å²) < 4.78 is 24.5. The molecule has 0 atom stereocenters. The fourth-order valence-electron chi connectivity index (χ4n) is 1.74. The van der Waals surface area contributed by atoms with Gasteiger partial charge in [-0.15, -0.1) is 0 Å². The zero-order chi connectivity index (χ0) is 16.3. The zero-order valence-electron chi connectivity index (χ0n) is 12.3. The molecule has 0 fully saturated rings. The largest absolute Gasteiger partial charge is 0.353 e. The second-order valence-electron chi connectivity index (χ2n) is 4.60. The number of halogens is 1. The van der Waals surface area contributed by atoms with Crippen molar-refractivity contribution in [3.63, 3.8) is 0 Å². The number of aromatic nitrogens is 4. The summed E-state index contributed by atoms with van der Waals surface area (Å²) >= 11 is 5.77. The summed E-state index contributed by atoms with van der Waals surface area (Å²) in [5.41, 5.74) is 0.507. The van der Waals surface area contributed by atoms with Gasteiger partial charge in [0.2, 0.25) is 15.3 Å². The molecule has 22 heavy (non-hydrogen) atoms. The predicted octanol–water partition coefficient (Wildman–Crippen LogP) is 0.952. The Balaban J connectivity index is 2.30. The Kier molecular flexibility index (Phi) is 4.77. The van der Waals surface area contributed by atoms with Crippen LogP contribution in [0, 0.1) is 0 Å². The van der Waals surface area contributed by atoms with Gasteiger partial charge in [-0.1, -0.05) is 0 Å². The van der Waals surface area contributed by atoms with Gasteiger partial charge in [-0.3, -0.25) is 9.29 Å². The molecule has 8 nitrogen and oxygen atoms in total. The monoisotopic (exact) mass is 342 g/mol. The number of nitrogens with zero attached hydrogens (tertiary/aromatic N) is 6. The molecule has 0 amide bonds. The van der Waals surface area contributed by atoms with Gasteiger partial charge in [0.25, 0.3) is 0 Å². The average molecular weight is 343 g/mol. The van der Waals surface area contributed by atoms with E-state index in [0.717, 1.165) is 10.6 Å².